The van der Waals surface area contributed by atoms with Crippen LogP contribution in [0.15, 0.2) is 46.7 Å². The van der Waals surface area contributed by atoms with Crippen LogP contribution in [0.1, 0.15) is 4.88 Å². The van der Waals surface area contributed by atoms with Crippen molar-refractivity contribution in [3.8, 4) is 5.75 Å². The number of methoxy groups -OCH3 is 1. The second-order valence-corrected chi connectivity index (χ2v) is 7.09. The van der Waals surface area contributed by atoms with Gasteiger partial charge in [0.15, 0.2) is 0 Å². The van der Waals surface area contributed by atoms with Gasteiger partial charge in [0.1, 0.15) is 5.75 Å². The Morgan fingerprint density at radius 1 is 1.21 bits per heavy atom. The number of rotatable bonds is 5. The van der Waals surface area contributed by atoms with Crippen LogP contribution in [0.5, 0.6) is 5.75 Å². The second-order valence-electron chi connectivity index (χ2n) is 4.02. The van der Waals surface area contributed by atoms with Gasteiger partial charge < -0.3 is 4.74 Å². The zero-order chi connectivity index (χ0) is 13.9. The highest BCUT2D eigenvalue weighted by Gasteiger charge is 2.21. The Balaban J connectivity index is 2.20. The number of nitrogens with zero attached hydrogens (tertiary/aromatic N) is 1. The van der Waals surface area contributed by atoms with Crippen molar-refractivity contribution < 1.29 is 13.2 Å². The molecule has 0 aliphatic heterocycles. The highest BCUT2D eigenvalue weighted by Crippen LogP contribution is 2.21. The van der Waals surface area contributed by atoms with E-state index in [9.17, 15) is 8.42 Å². The number of ether oxygens (including phenoxy) is 1. The lowest BCUT2D eigenvalue weighted by Crippen LogP contribution is -2.26. The van der Waals surface area contributed by atoms with Gasteiger partial charge in [0.05, 0.1) is 12.0 Å². The van der Waals surface area contributed by atoms with E-state index in [1.807, 2.05) is 17.5 Å². The molecule has 0 saturated heterocycles. The van der Waals surface area contributed by atoms with Crippen LogP contribution in [0.3, 0.4) is 0 Å². The summed E-state index contributed by atoms with van der Waals surface area (Å²) in [6.07, 6.45) is 0. The summed E-state index contributed by atoms with van der Waals surface area (Å²) in [5, 5.41) is 1.93. The third-order valence-corrected chi connectivity index (χ3v) is 5.40. The molecule has 102 valence electrons. The van der Waals surface area contributed by atoms with Crippen LogP contribution in [0.25, 0.3) is 0 Å². The molecule has 0 spiro atoms. The van der Waals surface area contributed by atoms with E-state index in [0.717, 1.165) is 4.88 Å². The van der Waals surface area contributed by atoms with Gasteiger partial charge in [-0.15, -0.1) is 11.3 Å². The summed E-state index contributed by atoms with van der Waals surface area (Å²) in [4.78, 5) is 1.28. The van der Waals surface area contributed by atoms with Crippen LogP contribution in [0, 0.1) is 0 Å². The highest BCUT2D eigenvalue weighted by atomic mass is 32.2. The third-order valence-electron chi connectivity index (χ3n) is 2.73. The van der Waals surface area contributed by atoms with Crippen molar-refractivity contribution in [2.24, 2.45) is 0 Å². The summed E-state index contributed by atoms with van der Waals surface area (Å²) in [6.45, 7) is 0.381. The van der Waals surface area contributed by atoms with Gasteiger partial charge in [-0.2, -0.15) is 4.31 Å². The smallest absolute Gasteiger partial charge is 0.243 e. The van der Waals surface area contributed by atoms with Crippen LogP contribution in [0.2, 0.25) is 0 Å². The minimum Gasteiger partial charge on any atom is -0.497 e. The molecular weight excluding hydrogens is 282 g/mol. The summed E-state index contributed by atoms with van der Waals surface area (Å²) in [6, 6.07) is 10.2. The van der Waals surface area contributed by atoms with Crippen molar-refractivity contribution in [1.82, 2.24) is 4.31 Å². The quantitative estimate of drug-likeness (QED) is 0.852. The molecule has 0 aliphatic carbocycles. The number of sulfonamides is 1. The first kappa shape index (κ1) is 14.0. The Hall–Kier alpha value is -1.37. The van der Waals surface area contributed by atoms with Crippen molar-refractivity contribution in [3.63, 3.8) is 0 Å². The summed E-state index contributed by atoms with van der Waals surface area (Å²) in [7, 11) is -0.325. The SMILES string of the molecule is COc1ccc(S(=O)(=O)N(C)Cc2cccs2)cc1. The van der Waals surface area contributed by atoms with Gasteiger partial charge >= 0.3 is 0 Å². The summed E-state index contributed by atoms with van der Waals surface area (Å²) >= 11 is 1.54. The van der Waals surface area contributed by atoms with Crippen molar-refractivity contribution in [1.29, 1.82) is 0 Å². The molecule has 0 atom stereocenters. The molecule has 2 rings (SSSR count). The van der Waals surface area contributed by atoms with E-state index < -0.39 is 10.0 Å². The van der Waals surface area contributed by atoms with Gasteiger partial charge in [-0.3, -0.25) is 0 Å². The first-order valence-electron chi connectivity index (χ1n) is 5.67. The summed E-state index contributed by atoms with van der Waals surface area (Å²) in [5.41, 5.74) is 0. The van der Waals surface area contributed by atoms with E-state index in [0.29, 0.717) is 12.3 Å². The fraction of sp³-hybridized carbons (Fsp3) is 0.231. The van der Waals surface area contributed by atoms with Crippen LogP contribution < -0.4 is 4.74 Å². The Kier molecular flexibility index (Phi) is 4.24. The molecular formula is C13H15NO3S2. The number of thiophene rings is 1. The maximum Gasteiger partial charge on any atom is 0.243 e. The van der Waals surface area contributed by atoms with Crippen LogP contribution in [-0.4, -0.2) is 26.9 Å². The topological polar surface area (TPSA) is 46.6 Å². The first-order chi connectivity index (χ1) is 9.04. The van der Waals surface area contributed by atoms with Gasteiger partial charge in [-0.25, -0.2) is 8.42 Å². The zero-order valence-electron chi connectivity index (χ0n) is 10.7. The van der Waals surface area contributed by atoms with Gasteiger partial charge in [-0.1, -0.05) is 6.07 Å². The van der Waals surface area contributed by atoms with Gasteiger partial charge in [0.2, 0.25) is 10.0 Å². The largest absolute Gasteiger partial charge is 0.497 e. The monoisotopic (exact) mass is 297 g/mol. The van der Waals surface area contributed by atoms with Gasteiger partial charge in [0.25, 0.3) is 0 Å². The average Bonchev–Trinajstić information content (AvgIpc) is 2.91. The molecule has 0 unspecified atom stereocenters. The predicted molar refractivity (Wildman–Crippen MR) is 76.0 cm³/mol. The zero-order valence-corrected chi connectivity index (χ0v) is 12.4. The van der Waals surface area contributed by atoms with Crippen molar-refractivity contribution in [2.45, 2.75) is 11.4 Å². The fourth-order valence-corrected chi connectivity index (χ4v) is 3.62. The van der Waals surface area contributed by atoms with E-state index in [1.165, 1.54) is 4.31 Å². The standard InChI is InChI=1S/C13H15NO3S2/c1-14(10-12-4-3-9-18-12)19(15,16)13-7-5-11(17-2)6-8-13/h3-9H,10H2,1-2H3. The Bertz CT molecular complexity index is 618. The van der Waals surface area contributed by atoms with Crippen molar-refractivity contribution in [2.75, 3.05) is 14.2 Å². The molecule has 2 aromatic rings. The van der Waals surface area contributed by atoms with E-state index in [1.54, 1.807) is 49.8 Å². The first-order valence-corrected chi connectivity index (χ1v) is 7.99. The molecule has 0 saturated carbocycles. The Morgan fingerprint density at radius 3 is 2.42 bits per heavy atom. The predicted octanol–water partition coefficient (Wildman–Crippen LogP) is 2.58. The Labute approximate surface area is 117 Å². The van der Waals surface area contributed by atoms with Crippen LogP contribution >= 0.6 is 11.3 Å². The maximum atomic E-state index is 12.3. The number of benzene rings is 1. The van der Waals surface area contributed by atoms with Crippen LogP contribution in [0.4, 0.5) is 0 Å². The minimum absolute atomic E-state index is 0.271. The fourth-order valence-electron chi connectivity index (χ4n) is 1.63. The molecule has 0 radical (unpaired) electrons. The molecule has 1 aromatic heterocycles. The van der Waals surface area contributed by atoms with Crippen LogP contribution in [-0.2, 0) is 16.6 Å². The molecule has 6 heteroatoms. The molecule has 0 fully saturated rings. The van der Waals surface area contributed by atoms with E-state index in [4.69, 9.17) is 4.74 Å². The lowest BCUT2D eigenvalue weighted by molar-refractivity contribution is 0.414. The minimum atomic E-state index is -3.46. The van der Waals surface area contributed by atoms with E-state index >= 15 is 0 Å². The molecule has 0 amide bonds. The number of hydrogen-bond donors (Lipinski definition) is 0. The summed E-state index contributed by atoms with van der Waals surface area (Å²) in [5.74, 6) is 0.639. The lowest BCUT2D eigenvalue weighted by atomic mass is 10.3. The van der Waals surface area contributed by atoms with E-state index in [2.05, 4.69) is 0 Å². The molecule has 4 nitrogen and oxygen atoms in total. The van der Waals surface area contributed by atoms with Crippen molar-refractivity contribution in [3.05, 3.63) is 46.7 Å². The molecule has 1 heterocycles. The average molecular weight is 297 g/mol. The normalized spacial score (nSPS) is 11.7. The maximum absolute atomic E-state index is 12.3. The van der Waals surface area contributed by atoms with E-state index in [-0.39, 0.29) is 4.90 Å². The molecule has 0 N–H and O–H groups in total. The summed E-state index contributed by atoms with van der Waals surface area (Å²) < 4.78 is 31.1. The lowest BCUT2D eigenvalue weighted by Gasteiger charge is -2.16. The molecule has 1 aromatic carbocycles. The van der Waals surface area contributed by atoms with Gasteiger partial charge in [0, 0.05) is 18.5 Å². The van der Waals surface area contributed by atoms with Gasteiger partial charge in [-0.05, 0) is 35.7 Å². The molecule has 0 bridgehead atoms. The second kappa shape index (κ2) is 5.73. The van der Waals surface area contributed by atoms with Crippen molar-refractivity contribution >= 4 is 21.4 Å². The molecule has 0 aliphatic rings. The third kappa shape index (κ3) is 3.15. The Morgan fingerprint density at radius 2 is 1.89 bits per heavy atom. The highest BCUT2D eigenvalue weighted by molar-refractivity contribution is 7.89. The molecule has 19 heavy (non-hydrogen) atoms. The number of hydrogen-bond acceptors (Lipinski definition) is 4.